The molecule has 0 fully saturated rings. The largest absolute Gasteiger partial charge is 0.392 e. The van der Waals surface area contributed by atoms with E-state index in [0.29, 0.717) is 5.82 Å². The first kappa shape index (κ1) is 17.5. The maximum atomic E-state index is 12.2. The van der Waals surface area contributed by atoms with Crippen molar-refractivity contribution in [2.75, 3.05) is 11.9 Å². The number of rotatable bonds is 4. The number of carbonyl (C=O) groups excluding carboxylic acids is 2. The van der Waals surface area contributed by atoms with Crippen molar-refractivity contribution in [3.63, 3.8) is 0 Å². The van der Waals surface area contributed by atoms with Gasteiger partial charge in [0.15, 0.2) is 0 Å². The van der Waals surface area contributed by atoms with E-state index in [0.717, 1.165) is 34.0 Å². The SMILES string of the molecule is Cc1ccc(-n2nc3c(c2NC(=O)C(=O)NC[C@H](C)O)CSC3)cc1. The predicted octanol–water partition coefficient (Wildman–Crippen LogP) is 1.36. The van der Waals surface area contributed by atoms with Crippen LogP contribution in [0.15, 0.2) is 24.3 Å². The van der Waals surface area contributed by atoms with E-state index < -0.39 is 17.9 Å². The van der Waals surface area contributed by atoms with Gasteiger partial charge in [0.1, 0.15) is 5.82 Å². The molecule has 1 aliphatic rings. The van der Waals surface area contributed by atoms with Gasteiger partial charge in [-0.3, -0.25) is 9.59 Å². The number of anilines is 1. The summed E-state index contributed by atoms with van der Waals surface area (Å²) in [4.78, 5) is 24.1. The van der Waals surface area contributed by atoms with Crippen LogP contribution in [0, 0.1) is 6.92 Å². The molecule has 0 bridgehead atoms. The van der Waals surface area contributed by atoms with E-state index in [1.807, 2.05) is 31.2 Å². The molecule has 1 aromatic heterocycles. The molecule has 3 rings (SSSR count). The number of aromatic nitrogens is 2. The summed E-state index contributed by atoms with van der Waals surface area (Å²) in [7, 11) is 0. The molecule has 0 saturated heterocycles. The molecule has 25 heavy (non-hydrogen) atoms. The number of aliphatic hydroxyl groups is 1. The molecule has 3 N–H and O–H groups in total. The van der Waals surface area contributed by atoms with Crippen molar-refractivity contribution in [3.05, 3.63) is 41.1 Å². The zero-order valence-corrected chi connectivity index (χ0v) is 14.9. The van der Waals surface area contributed by atoms with Crippen molar-refractivity contribution in [2.24, 2.45) is 0 Å². The number of aryl methyl sites for hydroxylation is 1. The minimum Gasteiger partial charge on any atom is -0.392 e. The predicted molar refractivity (Wildman–Crippen MR) is 96.6 cm³/mol. The highest BCUT2D eigenvalue weighted by Gasteiger charge is 2.26. The maximum absolute atomic E-state index is 12.2. The topological polar surface area (TPSA) is 96.2 Å². The van der Waals surface area contributed by atoms with Crippen LogP contribution in [0.3, 0.4) is 0 Å². The molecule has 1 atom stereocenters. The minimum atomic E-state index is -0.781. The Balaban J connectivity index is 1.86. The van der Waals surface area contributed by atoms with Crippen LogP contribution in [-0.4, -0.2) is 39.4 Å². The van der Waals surface area contributed by atoms with Gasteiger partial charge in [-0.1, -0.05) is 17.7 Å². The minimum absolute atomic E-state index is 0.0252. The lowest BCUT2D eigenvalue weighted by molar-refractivity contribution is -0.136. The Hall–Kier alpha value is -2.32. The second kappa shape index (κ2) is 7.28. The van der Waals surface area contributed by atoms with Gasteiger partial charge in [-0.2, -0.15) is 16.9 Å². The Kier molecular flexibility index (Phi) is 5.10. The van der Waals surface area contributed by atoms with Crippen LogP contribution in [0.4, 0.5) is 5.82 Å². The number of nitrogens with one attached hydrogen (secondary N) is 2. The van der Waals surface area contributed by atoms with Gasteiger partial charge in [0, 0.05) is 23.6 Å². The molecule has 8 heteroatoms. The first-order chi connectivity index (χ1) is 12.0. The molecular formula is C17H20N4O3S. The molecule has 132 valence electrons. The average molecular weight is 360 g/mol. The van der Waals surface area contributed by atoms with Gasteiger partial charge in [0.05, 0.1) is 17.5 Å². The van der Waals surface area contributed by atoms with E-state index in [-0.39, 0.29) is 6.54 Å². The number of aliphatic hydroxyl groups excluding tert-OH is 1. The number of nitrogens with zero attached hydrogens (tertiary/aromatic N) is 2. The van der Waals surface area contributed by atoms with Gasteiger partial charge in [-0.25, -0.2) is 4.68 Å². The van der Waals surface area contributed by atoms with Crippen LogP contribution in [0.2, 0.25) is 0 Å². The highest BCUT2D eigenvalue weighted by Crippen LogP contribution is 2.36. The zero-order chi connectivity index (χ0) is 18.0. The number of fused-ring (bicyclic) bond motifs is 1. The summed E-state index contributed by atoms with van der Waals surface area (Å²) < 4.78 is 1.67. The first-order valence-corrected chi connectivity index (χ1v) is 9.14. The Bertz CT molecular complexity index is 799. The third-order valence-corrected chi connectivity index (χ3v) is 4.80. The monoisotopic (exact) mass is 360 g/mol. The Morgan fingerprint density at radius 3 is 2.68 bits per heavy atom. The lowest BCUT2D eigenvalue weighted by Crippen LogP contribution is -2.39. The fraction of sp³-hybridized carbons (Fsp3) is 0.353. The van der Waals surface area contributed by atoms with Crippen LogP contribution in [0.25, 0.3) is 5.69 Å². The van der Waals surface area contributed by atoms with Crippen molar-refractivity contribution in [1.82, 2.24) is 15.1 Å². The number of carbonyl (C=O) groups is 2. The number of amides is 2. The summed E-state index contributed by atoms with van der Waals surface area (Å²) in [6.45, 7) is 3.56. The molecule has 0 aliphatic carbocycles. The van der Waals surface area contributed by atoms with Gasteiger partial charge in [-0.05, 0) is 26.0 Å². The van der Waals surface area contributed by atoms with Crippen molar-refractivity contribution >= 4 is 29.4 Å². The van der Waals surface area contributed by atoms with Crippen molar-refractivity contribution in [1.29, 1.82) is 0 Å². The number of hydrogen-bond acceptors (Lipinski definition) is 5. The lowest BCUT2D eigenvalue weighted by Gasteiger charge is -2.12. The van der Waals surface area contributed by atoms with E-state index in [1.54, 1.807) is 16.4 Å². The molecule has 0 unspecified atom stereocenters. The first-order valence-electron chi connectivity index (χ1n) is 7.98. The van der Waals surface area contributed by atoms with Gasteiger partial charge in [-0.15, -0.1) is 0 Å². The van der Waals surface area contributed by atoms with Crippen LogP contribution in [-0.2, 0) is 21.1 Å². The van der Waals surface area contributed by atoms with E-state index >= 15 is 0 Å². The van der Waals surface area contributed by atoms with E-state index in [4.69, 9.17) is 0 Å². The average Bonchev–Trinajstić information content (AvgIpc) is 3.16. The normalized spacial score (nSPS) is 14.0. The molecule has 0 spiro atoms. The third-order valence-electron chi connectivity index (χ3n) is 3.83. The molecule has 0 radical (unpaired) electrons. The molecule has 2 aromatic rings. The number of hydrogen-bond donors (Lipinski definition) is 3. The fourth-order valence-corrected chi connectivity index (χ4v) is 3.53. The Morgan fingerprint density at radius 2 is 2.00 bits per heavy atom. The Morgan fingerprint density at radius 1 is 1.28 bits per heavy atom. The summed E-state index contributed by atoms with van der Waals surface area (Å²) in [6, 6.07) is 7.79. The highest BCUT2D eigenvalue weighted by atomic mass is 32.2. The van der Waals surface area contributed by atoms with E-state index in [2.05, 4.69) is 15.7 Å². The molecular weight excluding hydrogens is 340 g/mol. The van der Waals surface area contributed by atoms with Gasteiger partial charge < -0.3 is 15.7 Å². The van der Waals surface area contributed by atoms with Crippen molar-refractivity contribution in [2.45, 2.75) is 31.5 Å². The van der Waals surface area contributed by atoms with Crippen LogP contribution < -0.4 is 10.6 Å². The van der Waals surface area contributed by atoms with Crippen molar-refractivity contribution < 1.29 is 14.7 Å². The second-order valence-electron chi connectivity index (χ2n) is 6.03. The summed E-state index contributed by atoms with van der Waals surface area (Å²) in [6.07, 6.45) is -0.713. The summed E-state index contributed by atoms with van der Waals surface area (Å²) >= 11 is 1.72. The number of thioether (sulfide) groups is 1. The molecule has 7 nitrogen and oxygen atoms in total. The third kappa shape index (κ3) is 3.85. The van der Waals surface area contributed by atoms with Crippen molar-refractivity contribution in [3.8, 4) is 5.69 Å². The molecule has 2 heterocycles. The number of benzene rings is 1. The summed E-state index contributed by atoms with van der Waals surface area (Å²) in [5, 5.41) is 18.9. The molecule has 1 aromatic carbocycles. The molecule has 2 amide bonds. The Labute approximate surface area is 149 Å². The van der Waals surface area contributed by atoms with Crippen LogP contribution in [0.5, 0.6) is 0 Å². The quantitative estimate of drug-likeness (QED) is 0.716. The van der Waals surface area contributed by atoms with E-state index in [1.165, 1.54) is 6.92 Å². The fourth-order valence-electron chi connectivity index (χ4n) is 2.50. The second-order valence-corrected chi connectivity index (χ2v) is 7.01. The van der Waals surface area contributed by atoms with Crippen LogP contribution in [0.1, 0.15) is 23.7 Å². The van der Waals surface area contributed by atoms with Crippen LogP contribution >= 0.6 is 11.8 Å². The molecule has 1 aliphatic heterocycles. The highest BCUT2D eigenvalue weighted by molar-refractivity contribution is 7.98. The zero-order valence-electron chi connectivity index (χ0n) is 14.1. The van der Waals surface area contributed by atoms with Gasteiger partial charge >= 0.3 is 11.8 Å². The smallest absolute Gasteiger partial charge is 0.314 e. The van der Waals surface area contributed by atoms with Gasteiger partial charge in [0.2, 0.25) is 0 Å². The lowest BCUT2D eigenvalue weighted by atomic mass is 10.2. The summed E-state index contributed by atoms with van der Waals surface area (Å²) in [5.74, 6) is 0.504. The summed E-state index contributed by atoms with van der Waals surface area (Å²) in [5.41, 5.74) is 3.82. The standard InChI is InChI=1S/C17H20N4O3S/c1-10-3-5-12(6-4-10)21-15(13-8-25-9-14(13)20-21)19-17(24)16(23)18-7-11(2)22/h3-6,11,22H,7-9H2,1-2H3,(H,18,23)(H,19,24)/t11-/m0/s1. The molecule has 0 saturated carbocycles. The van der Waals surface area contributed by atoms with Gasteiger partial charge in [0.25, 0.3) is 0 Å². The van der Waals surface area contributed by atoms with E-state index in [9.17, 15) is 14.7 Å². The maximum Gasteiger partial charge on any atom is 0.314 e.